The van der Waals surface area contributed by atoms with Gasteiger partial charge in [-0.3, -0.25) is 9.59 Å². The van der Waals surface area contributed by atoms with Crippen LogP contribution in [0.15, 0.2) is 66.7 Å². The van der Waals surface area contributed by atoms with E-state index in [4.69, 9.17) is 16.3 Å². The highest BCUT2D eigenvalue weighted by Gasteiger charge is 2.27. The summed E-state index contributed by atoms with van der Waals surface area (Å²) in [6.07, 6.45) is 0.810. The van der Waals surface area contributed by atoms with E-state index in [1.165, 1.54) is 4.90 Å². The van der Waals surface area contributed by atoms with E-state index in [2.05, 4.69) is 5.32 Å². The Morgan fingerprint density at radius 3 is 2.50 bits per heavy atom. The number of carbonyl (C=O) groups is 2. The Hall–Kier alpha value is -3.05. The Labute approximate surface area is 194 Å². The number of nitrogens with zero attached hydrogens (tertiary/aromatic N) is 1. The van der Waals surface area contributed by atoms with E-state index in [-0.39, 0.29) is 31.0 Å². The Morgan fingerprint density at radius 2 is 1.75 bits per heavy atom. The second-order valence-electron chi connectivity index (χ2n) is 7.91. The number of hydrogen-bond acceptors (Lipinski definition) is 3. The Bertz CT molecular complexity index is 1080. The average molecular weight is 453 g/mol. The predicted molar refractivity (Wildman–Crippen MR) is 129 cm³/mol. The van der Waals surface area contributed by atoms with E-state index in [0.717, 1.165) is 22.8 Å². The second-order valence-corrected chi connectivity index (χ2v) is 8.35. The van der Waals surface area contributed by atoms with Gasteiger partial charge in [-0.2, -0.15) is 0 Å². The van der Waals surface area contributed by atoms with Crippen molar-refractivity contribution in [3.63, 3.8) is 0 Å². The van der Waals surface area contributed by atoms with E-state index in [1.807, 2.05) is 68.4 Å². The van der Waals surface area contributed by atoms with E-state index >= 15 is 0 Å². The maximum atomic E-state index is 13.2. The van der Waals surface area contributed by atoms with E-state index < -0.39 is 6.04 Å². The summed E-state index contributed by atoms with van der Waals surface area (Å²) in [7, 11) is 0. The molecule has 0 aliphatic rings. The summed E-state index contributed by atoms with van der Waals surface area (Å²) >= 11 is 6.13. The molecule has 3 aromatic carbocycles. The minimum absolute atomic E-state index is 0.0278. The Kier molecular flexibility index (Phi) is 8.12. The number of fused-ring (bicyclic) bond motifs is 1. The van der Waals surface area contributed by atoms with Gasteiger partial charge in [-0.1, -0.05) is 67.1 Å². The van der Waals surface area contributed by atoms with Crippen molar-refractivity contribution in [2.45, 2.75) is 45.8 Å². The normalized spacial score (nSPS) is 12.8. The predicted octanol–water partition coefficient (Wildman–Crippen LogP) is 5.20. The molecule has 0 radical (unpaired) electrons. The quantitative estimate of drug-likeness (QED) is 0.485. The van der Waals surface area contributed by atoms with Gasteiger partial charge in [0.1, 0.15) is 11.8 Å². The number of halogens is 1. The highest BCUT2D eigenvalue weighted by Crippen LogP contribution is 2.25. The van der Waals surface area contributed by atoms with Crippen LogP contribution in [-0.2, 0) is 16.1 Å². The van der Waals surface area contributed by atoms with Crippen molar-refractivity contribution in [1.82, 2.24) is 10.2 Å². The molecule has 0 heterocycles. The third-order valence-electron chi connectivity index (χ3n) is 5.51. The van der Waals surface area contributed by atoms with Crippen molar-refractivity contribution in [3.05, 3.63) is 77.3 Å². The molecule has 0 fully saturated rings. The minimum atomic E-state index is -0.661. The molecule has 0 bridgehead atoms. The van der Waals surface area contributed by atoms with E-state index in [1.54, 1.807) is 19.1 Å². The van der Waals surface area contributed by atoms with Crippen LogP contribution in [0.3, 0.4) is 0 Å². The van der Waals surface area contributed by atoms with Crippen LogP contribution in [0.25, 0.3) is 10.8 Å². The van der Waals surface area contributed by atoms with Crippen molar-refractivity contribution in [3.8, 4) is 5.75 Å². The van der Waals surface area contributed by atoms with Crippen molar-refractivity contribution in [2.24, 2.45) is 0 Å². The number of amides is 2. The van der Waals surface area contributed by atoms with Gasteiger partial charge in [0.25, 0.3) is 5.91 Å². The molecule has 0 saturated carbocycles. The summed E-state index contributed by atoms with van der Waals surface area (Å²) in [6.45, 7) is 5.76. The zero-order valence-electron chi connectivity index (χ0n) is 18.7. The summed E-state index contributed by atoms with van der Waals surface area (Å²) in [5.41, 5.74) is 0.846. The molecule has 168 valence electrons. The summed E-state index contributed by atoms with van der Waals surface area (Å²) < 4.78 is 5.91. The van der Waals surface area contributed by atoms with E-state index in [9.17, 15) is 9.59 Å². The van der Waals surface area contributed by atoms with Gasteiger partial charge in [-0.15, -0.1) is 0 Å². The monoisotopic (exact) mass is 452 g/mol. The second kappa shape index (κ2) is 11.0. The van der Waals surface area contributed by atoms with Crippen LogP contribution in [0.1, 0.15) is 32.8 Å². The van der Waals surface area contributed by atoms with Crippen LogP contribution in [0.2, 0.25) is 5.02 Å². The van der Waals surface area contributed by atoms with Gasteiger partial charge in [-0.25, -0.2) is 0 Å². The Morgan fingerprint density at radius 1 is 1.03 bits per heavy atom. The fraction of sp³-hybridized carbons (Fsp3) is 0.308. The van der Waals surface area contributed by atoms with Crippen molar-refractivity contribution < 1.29 is 14.3 Å². The molecule has 0 unspecified atom stereocenters. The van der Waals surface area contributed by atoms with E-state index in [0.29, 0.717) is 10.8 Å². The molecule has 0 saturated heterocycles. The maximum Gasteiger partial charge on any atom is 0.261 e. The Balaban J connectivity index is 1.79. The first-order valence-corrected chi connectivity index (χ1v) is 11.2. The van der Waals surface area contributed by atoms with Gasteiger partial charge in [-0.05, 0) is 49.4 Å². The highest BCUT2D eigenvalue weighted by atomic mass is 35.5. The molecule has 0 aliphatic heterocycles. The molecule has 3 rings (SSSR count). The van der Waals surface area contributed by atoms with Gasteiger partial charge in [0.2, 0.25) is 5.91 Å². The lowest BCUT2D eigenvalue weighted by Crippen LogP contribution is -2.50. The molecule has 2 atom stereocenters. The van der Waals surface area contributed by atoms with Crippen LogP contribution in [0.5, 0.6) is 5.75 Å². The molecule has 1 N–H and O–H groups in total. The molecule has 0 aromatic heterocycles. The molecule has 6 heteroatoms. The van der Waals surface area contributed by atoms with Crippen molar-refractivity contribution in [2.75, 3.05) is 6.61 Å². The SMILES string of the molecule is CC[C@H](C)NC(=O)[C@H](C)N(Cc1cccc(Cl)c1)C(=O)COc1cccc2ccccc12. The molecule has 2 amide bonds. The fourth-order valence-electron chi connectivity index (χ4n) is 3.42. The molecule has 32 heavy (non-hydrogen) atoms. The number of nitrogens with one attached hydrogen (secondary N) is 1. The van der Waals surface area contributed by atoms with Gasteiger partial charge >= 0.3 is 0 Å². The standard InChI is InChI=1S/C26H29ClN2O3/c1-4-18(2)28-26(31)19(3)29(16-20-9-7-12-22(27)15-20)25(30)17-32-24-14-8-11-21-10-5-6-13-23(21)24/h5-15,18-19H,4,16-17H2,1-3H3,(H,28,31)/t18-,19-/m0/s1. The summed E-state index contributed by atoms with van der Waals surface area (Å²) in [4.78, 5) is 27.6. The van der Waals surface area contributed by atoms with Gasteiger partial charge < -0.3 is 15.0 Å². The van der Waals surface area contributed by atoms with Crippen molar-refractivity contribution >= 4 is 34.2 Å². The molecule has 0 spiro atoms. The van der Waals surface area contributed by atoms with Crippen molar-refractivity contribution in [1.29, 1.82) is 0 Å². The van der Waals surface area contributed by atoms with Gasteiger partial charge in [0.15, 0.2) is 6.61 Å². The zero-order chi connectivity index (χ0) is 23.1. The average Bonchev–Trinajstić information content (AvgIpc) is 2.80. The third-order valence-corrected chi connectivity index (χ3v) is 5.75. The van der Waals surface area contributed by atoms with Gasteiger partial charge in [0, 0.05) is 23.0 Å². The van der Waals surface area contributed by atoms with Crippen LogP contribution in [0, 0.1) is 0 Å². The molecule has 5 nitrogen and oxygen atoms in total. The van der Waals surface area contributed by atoms with Crippen LogP contribution < -0.4 is 10.1 Å². The van der Waals surface area contributed by atoms with Gasteiger partial charge in [0.05, 0.1) is 0 Å². The molecular weight excluding hydrogens is 424 g/mol. The smallest absolute Gasteiger partial charge is 0.261 e. The van der Waals surface area contributed by atoms with Crippen LogP contribution in [0.4, 0.5) is 0 Å². The molecule has 0 aliphatic carbocycles. The highest BCUT2D eigenvalue weighted by molar-refractivity contribution is 6.30. The fourth-order valence-corrected chi connectivity index (χ4v) is 3.64. The topological polar surface area (TPSA) is 58.6 Å². The number of rotatable bonds is 9. The number of ether oxygens (including phenoxy) is 1. The zero-order valence-corrected chi connectivity index (χ0v) is 19.4. The first kappa shape index (κ1) is 23.6. The first-order chi connectivity index (χ1) is 15.4. The van der Waals surface area contributed by atoms with Crippen LogP contribution >= 0.6 is 11.6 Å². The summed E-state index contributed by atoms with van der Waals surface area (Å²) in [5.74, 6) is 0.167. The van der Waals surface area contributed by atoms with Crippen LogP contribution in [-0.4, -0.2) is 35.4 Å². The maximum absolute atomic E-state index is 13.2. The third kappa shape index (κ3) is 6.01. The lowest BCUT2D eigenvalue weighted by atomic mass is 10.1. The minimum Gasteiger partial charge on any atom is -0.483 e. The molecule has 3 aromatic rings. The lowest BCUT2D eigenvalue weighted by molar-refractivity contribution is -0.142. The lowest BCUT2D eigenvalue weighted by Gasteiger charge is -2.29. The largest absolute Gasteiger partial charge is 0.483 e. The number of benzene rings is 3. The molecular formula is C26H29ClN2O3. The summed E-state index contributed by atoms with van der Waals surface area (Å²) in [6, 6.07) is 20.2. The number of hydrogen-bond donors (Lipinski definition) is 1. The first-order valence-electron chi connectivity index (χ1n) is 10.8. The number of carbonyl (C=O) groups excluding carboxylic acids is 2. The summed E-state index contributed by atoms with van der Waals surface area (Å²) in [5, 5.41) is 5.52.